The van der Waals surface area contributed by atoms with Crippen molar-refractivity contribution in [2.24, 2.45) is 0 Å². The largest absolute Gasteiger partial charge is 0.471 e. The molecule has 5 heteroatoms. The molecule has 5 nitrogen and oxygen atoms in total. The molecule has 1 atom stereocenters. The molecule has 0 spiro atoms. The highest BCUT2D eigenvalue weighted by Gasteiger charge is 2.18. The Kier molecular flexibility index (Phi) is 4.18. The minimum absolute atomic E-state index is 0.0408. The van der Waals surface area contributed by atoms with Gasteiger partial charge in [-0.15, -0.1) is 0 Å². The number of aromatic nitrogens is 2. The van der Waals surface area contributed by atoms with Gasteiger partial charge >= 0.3 is 0 Å². The zero-order valence-electron chi connectivity index (χ0n) is 10.7. The number of nitrogens with two attached hydrogens (primary N) is 1. The molecule has 0 aromatic carbocycles. The van der Waals surface area contributed by atoms with E-state index in [2.05, 4.69) is 5.10 Å². The normalized spacial score (nSPS) is 13.1. The Morgan fingerprint density at radius 2 is 2.00 bits per heavy atom. The molecule has 0 saturated carbocycles. The molecule has 1 heterocycles. The fraction of sp³-hybridized carbons (Fsp3) is 0.727. The third-order valence-electron chi connectivity index (χ3n) is 2.29. The van der Waals surface area contributed by atoms with Crippen LogP contribution >= 0.6 is 0 Å². The first-order valence-electron chi connectivity index (χ1n) is 5.47. The Morgan fingerprint density at radius 3 is 2.50 bits per heavy atom. The molecule has 1 unspecified atom stereocenters. The van der Waals surface area contributed by atoms with Crippen LogP contribution in [0.5, 0.6) is 5.88 Å². The second kappa shape index (κ2) is 5.21. The van der Waals surface area contributed by atoms with Crippen molar-refractivity contribution < 1.29 is 9.47 Å². The fourth-order valence-electron chi connectivity index (χ4n) is 1.47. The Morgan fingerprint density at radius 1 is 1.38 bits per heavy atom. The van der Waals surface area contributed by atoms with E-state index >= 15 is 0 Å². The van der Waals surface area contributed by atoms with E-state index in [9.17, 15) is 0 Å². The summed E-state index contributed by atoms with van der Waals surface area (Å²) in [5.41, 5.74) is 7.34. The summed E-state index contributed by atoms with van der Waals surface area (Å²) in [7, 11) is 1.65. The van der Waals surface area contributed by atoms with E-state index in [-0.39, 0.29) is 12.1 Å². The standard InChI is InChI=1S/C11H21N3O2/c1-7(2)14-11(10(12)9(4)13-14)16-8(3)6-15-5/h7-8H,6,12H2,1-5H3. The summed E-state index contributed by atoms with van der Waals surface area (Å²) in [4.78, 5) is 0. The smallest absolute Gasteiger partial charge is 0.236 e. The van der Waals surface area contributed by atoms with E-state index in [0.29, 0.717) is 18.2 Å². The van der Waals surface area contributed by atoms with E-state index in [1.165, 1.54) is 0 Å². The molecule has 2 N–H and O–H groups in total. The van der Waals surface area contributed by atoms with Gasteiger partial charge in [-0.2, -0.15) is 5.10 Å². The van der Waals surface area contributed by atoms with Crippen LogP contribution in [0, 0.1) is 6.92 Å². The summed E-state index contributed by atoms with van der Waals surface area (Å²) in [6.45, 7) is 8.43. The highest BCUT2D eigenvalue weighted by atomic mass is 16.5. The van der Waals surface area contributed by atoms with Gasteiger partial charge in [0.25, 0.3) is 0 Å². The third-order valence-corrected chi connectivity index (χ3v) is 2.29. The SMILES string of the molecule is COCC(C)Oc1c(N)c(C)nn1C(C)C. The average Bonchev–Trinajstić information content (AvgIpc) is 2.46. The predicted molar refractivity (Wildman–Crippen MR) is 63.7 cm³/mol. The molecule has 1 rings (SSSR count). The Bertz CT molecular complexity index is 347. The van der Waals surface area contributed by atoms with E-state index in [4.69, 9.17) is 15.2 Å². The first kappa shape index (κ1) is 12.8. The molecule has 0 bridgehead atoms. The minimum atomic E-state index is -0.0408. The monoisotopic (exact) mass is 227 g/mol. The number of nitrogens with zero attached hydrogens (tertiary/aromatic N) is 2. The highest BCUT2D eigenvalue weighted by molar-refractivity contribution is 5.52. The van der Waals surface area contributed by atoms with Crippen LogP contribution in [0.4, 0.5) is 5.69 Å². The van der Waals surface area contributed by atoms with Gasteiger partial charge in [0.05, 0.1) is 18.3 Å². The zero-order chi connectivity index (χ0) is 12.3. The van der Waals surface area contributed by atoms with Gasteiger partial charge in [0.1, 0.15) is 11.8 Å². The van der Waals surface area contributed by atoms with Gasteiger partial charge in [0, 0.05) is 7.11 Å². The number of hydrogen-bond acceptors (Lipinski definition) is 4. The first-order chi connectivity index (χ1) is 7.47. The maximum atomic E-state index is 5.94. The van der Waals surface area contributed by atoms with Crippen LogP contribution in [-0.4, -0.2) is 29.6 Å². The lowest BCUT2D eigenvalue weighted by molar-refractivity contribution is 0.0846. The lowest BCUT2D eigenvalue weighted by Crippen LogP contribution is -2.21. The molecule has 16 heavy (non-hydrogen) atoms. The van der Waals surface area contributed by atoms with E-state index < -0.39 is 0 Å². The van der Waals surface area contributed by atoms with Crippen molar-refractivity contribution in [2.75, 3.05) is 19.5 Å². The fourth-order valence-corrected chi connectivity index (χ4v) is 1.47. The van der Waals surface area contributed by atoms with Gasteiger partial charge in [-0.3, -0.25) is 0 Å². The molecule has 0 aliphatic rings. The number of anilines is 1. The molecule has 0 aliphatic heterocycles. The summed E-state index contributed by atoms with van der Waals surface area (Å²) in [6, 6.07) is 0.223. The molecule has 0 radical (unpaired) electrons. The number of hydrogen-bond donors (Lipinski definition) is 1. The van der Waals surface area contributed by atoms with Crippen LogP contribution in [0.3, 0.4) is 0 Å². The number of nitrogen functional groups attached to an aromatic ring is 1. The van der Waals surface area contributed by atoms with Gasteiger partial charge in [0.15, 0.2) is 0 Å². The zero-order valence-corrected chi connectivity index (χ0v) is 10.7. The van der Waals surface area contributed by atoms with Crippen LogP contribution < -0.4 is 10.5 Å². The molecule has 0 amide bonds. The van der Waals surface area contributed by atoms with Gasteiger partial charge in [-0.05, 0) is 27.7 Å². The van der Waals surface area contributed by atoms with Crippen LogP contribution in [-0.2, 0) is 4.74 Å². The van der Waals surface area contributed by atoms with E-state index in [0.717, 1.165) is 5.69 Å². The number of methoxy groups -OCH3 is 1. The summed E-state index contributed by atoms with van der Waals surface area (Å²) < 4.78 is 12.6. The van der Waals surface area contributed by atoms with Crippen molar-refractivity contribution in [1.82, 2.24) is 9.78 Å². The van der Waals surface area contributed by atoms with Crippen LogP contribution in [0.2, 0.25) is 0 Å². The topological polar surface area (TPSA) is 62.3 Å². The summed E-state index contributed by atoms with van der Waals surface area (Å²) in [5, 5.41) is 4.35. The molecule has 0 aliphatic carbocycles. The van der Waals surface area contributed by atoms with Crippen molar-refractivity contribution in [3.05, 3.63) is 5.69 Å². The lowest BCUT2D eigenvalue weighted by atomic mass is 10.3. The second-order valence-electron chi connectivity index (χ2n) is 4.23. The number of ether oxygens (including phenoxy) is 2. The van der Waals surface area contributed by atoms with Crippen molar-refractivity contribution >= 4 is 5.69 Å². The molecular weight excluding hydrogens is 206 g/mol. The van der Waals surface area contributed by atoms with Crippen molar-refractivity contribution in [1.29, 1.82) is 0 Å². The Labute approximate surface area is 96.5 Å². The quantitative estimate of drug-likeness (QED) is 0.832. The molecule has 0 saturated heterocycles. The number of aryl methyl sites for hydroxylation is 1. The van der Waals surface area contributed by atoms with E-state index in [1.54, 1.807) is 11.8 Å². The molecule has 0 fully saturated rings. The Balaban J connectivity index is 2.92. The third kappa shape index (κ3) is 2.66. The van der Waals surface area contributed by atoms with Crippen molar-refractivity contribution in [3.63, 3.8) is 0 Å². The minimum Gasteiger partial charge on any atom is -0.471 e. The molecule has 1 aromatic rings. The predicted octanol–water partition coefficient (Wildman–Crippen LogP) is 1.77. The van der Waals surface area contributed by atoms with Gasteiger partial charge < -0.3 is 15.2 Å². The maximum absolute atomic E-state index is 5.94. The average molecular weight is 227 g/mol. The van der Waals surface area contributed by atoms with Crippen LogP contribution in [0.25, 0.3) is 0 Å². The van der Waals surface area contributed by atoms with Gasteiger partial charge in [-0.1, -0.05) is 0 Å². The van der Waals surface area contributed by atoms with Crippen LogP contribution in [0.15, 0.2) is 0 Å². The highest BCUT2D eigenvalue weighted by Crippen LogP contribution is 2.28. The van der Waals surface area contributed by atoms with Crippen molar-refractivity contribution in [3.8, 4) is 5.88 Å². The van der Waals surface area contributed by atoms with Crippen LogP contribution in [0.1, 0.15) is 32.5 Å². The van der Waals surface area contributed by atoms with E-state index in [1.807, 2.05) is 27.7 Å². The summed E-state index contributed by atoms with van der Waals surface area (Å²) >= 11 is 0. The molecule has 1 aromatic heterocycles. The van der Waals surface area contributed by atoms with Gasteiger partial charge in [0.2, 0.25) is 5.88 Å². The molecular formula is C11H21N3O2. The maximum Gasteiger partial charge on any atom is 0.236 e. The number of rotatable bonds is 5. The van der Waals surface area contributed by atoms with Crippen molar-refractivity contribution in [2.45, 2.75) is 39.8 Å². The second-order valence-corrected chi connectivity index (χ2v) is 4.23. The molecule has 92 valence electrons. The Hall–Kier alpha value is -1.23. The van der Waals surface area contributed by atoms with Gasteiger partial charge in [-0.25, -0.2) is 4.68 Å². The summed E-state index contributed by atoms with van der Waals surface area (Å²) in [5.74, 6) is 0.636. The first-order valence-corrected chi connectivity index (χ1v) is 5.47. The lowest BCUT2D eigenvalue weighted by Gasteiger charge is -2.17. The summed E-state index contributed by atoms with van der Waals surface area (Å²) in [6.07, 6.45) is -0.0408.